The molecule has 0 amide bonds. The topological polar surface area (TPSA) is 130 Å². The van der Waals surface area contributed by atoms with Gasteiger partial charge in [0.1, 0.15) is 5.69 Å². The lowest BCUT2D eigenvalue weighted by Gasteiger charge is -2.04. The number of nitro benzene ring substituents is 1. The first-order valence-electron chi connectivity index (χ1n) is 11.3. The largest absolute Gasteiger partial charge is 0.490 e. The van der Waals surface area contributed by atoms with Crippen LogP contribution in [0, 0.1) is 10.1 Å². The van der Waals surface area contributed by atoms with Gasteiger partial charge in [0.25, 0.3) is 5.56 Å². The Labute approximate surface area is 218 Å². The van der Waals surface area contributed by atoms with E-state index in [2.05, 4.69) is 15.1 Å². The molecule has 11 nitrogen and oxygen atoms in total. The minimum atomic E-state index is -0.504. The molecule has 0 N–H and O–H groups in total. The number of nitrogens with zero attached hydrogens (tertiary/aromatic N) is 7. The number of nitro groups is 1. The summed E-state index contributed by atoms with van der Waals surface area (Å²) in [4.78, 5) is 33.4. The molecule has 0 spiro atoms. The summed E-state index contributed by atoms with van der Waals surface area (Å²) < 4.78 is 8.47. The summed E-state index contributed by atoms with van der Waals surface area (Å²) in [6, 6.07) is 17.7. The van der Waals surface area contributed by atoms with Crippen LogP contribution in [0.3, 0.4) is 0 Å². The van der Waals surface area contributed by atoms with Gasteiger partial charge in [-0.1, -0.05) is 29.5 Å². The third-order valence-corrected chi connectivity index (χ3v) is 6.76. The van der Waals surface area contributed by atoms with E-state index < -0.39 is 4.92 Å². The van der Waals surface area contributed by atoms with Gasteiger partial charge < -0.3 is 4.74 Å². The molecular formula is C26H17N7O4S. The Balaban J connectivity index is 1.51. The maximum Gasteiger partial charge on any atom is 0.311 e. The van der Waals surface area contributed by atoms with Crippen molar-refractivity contribution in [2.45, 2.75) is 0 Å². The van der Waals surface area contributed by atoms with Crippen molar-refractivity contribution in [1.29, 1.82) is 0 Å². The van der Waals surface area contributed by atoms with Crippen molar-refractivity contribution >= 4 is 28.1 Å². The van der Waals surface area contributed by atoms with E-state index in [1.807, 2.05) is 36.4 Å². The van der Waals surface area contributed by atoms with E-state index >= 15 is 0 Å². The molecule has 0 radical (unpaired) electrons. The van der Waals surface area contributed by atoms with Crippen molar-refractivity contribution in [1.82, 2.24) is 29.4 Å². The second kappa shape index (κ2) is 9.33. The van der Waals surface area contributed by atoms with Gasteiger partial charge in [-0.2, -0.15) is 14.6 Å². The van der Waals surface area contributed by atoms with Gasteiger partial charge in [-0.15, -0.1) is 5.10 Å². The third-order valence-electron chi connectivity index (χ3n) is 5.80. The lowest BCUT2D eigenvalue weighted by Crippen LogP contribution is -2.23. The lowest BCUT2D eigenvalue weighted by atomic mass is 10.1. The molecule has 12 heteroatoms. The van der Waals surface area contributed by atoms with E-state index in [1.54, 1.807) is 41.5 Å². The number of aromatic nitrogens is 6. The van der Waals surface area contributed by atoms with E-state index in [0.29, 0.717) is 37.7 Å². The maximum atomic E-state index is 13.2. The van der Waals surface area contributed by atoms with Crippen molar-refractivity contribution in [2.24, 2.45) is 0 Å². The minimum absolute atomic E-state index is 0.142. The van der Waals surface area contributed by atoms with E-state index in [-0.39, 0.29) is 17.0 Å². The van der Waals surface area contributed by atoms with Crippen molar-refractivity contribution in [3.63, 3.8) is 0 Å². The highest BCUT2D eigenvalue weighted by Gasteiger charge is 2.20. The Bertz CT molecular complexity index is 1910. The van der Waals surface area contributed by atoms with Crippen molar-refractivity contribution in [2.75, 3.05) is 7.11 Å². The first-order valence-corrected chi connectivity index (χ1v) is 12.1. The van der Waals surface area contributed by atoms with Crippen LogP contribution in [0.15, 0.2) is 84.0 Å². The number of ether oxygens (including phenoxy) is 1. The zero-order valence-electron chi connectivity index (χ0n) is 19.8. The molecule has 4 aromatic heterocycles. The van der Waals surface area contributed by atoms with Crippen LogP contribution in [0.1, 0.15) is 5.56 Å². The number of methoxy groups -OCH3 is 1. The minimum Gasteiger partial charge on any atom is -0.490 e. The number of fused-ring (bicyclic) bond motifs is 1. The Morgan fingerprint density at radius 2 is 1.89 bits per heavy atom. The summed E-state index contributed by atoms with van der Waals surface area (Å²) in [6.07, 6.45) is 6.76. The third kappa shape index (κ3) is 4.08. The molecular weight excluding hydrogens is 506 g/mol. The molecule has 0 atom stereocenters. The fourth-order valence-electron chi connectivity index (χ4n) is 4.00. The van der Waals surface area contributed by atoms with Gasteiger partial charge in [-0.05, 0) is 42.5 Å². The van der Waals surface area contributed by atoms with Gasteiger partial charge in [0.2, 0.25) is 4.96 Å². The molecule has 4 heterocycles. The van der Waals surface area contributed by atoms with Gasteiger partial charge in [0.05, 0.1) is 22.3 Å². The second-order valence-corrected chi connectivity index (χ2v) is 9.15. The van der Waals surface area contributed by atoms with Crippen LogP contribution >= 0.6 is 11.3 Å². The molecule has 6 rings (SSSR count). The number of benzene rings is 2. The smallest absolute Gasteiger partial charge is 0.311 e. The molecule has 0 saturated heterocycles. The van der Waals surface area contributed by atoms with Gasteiger partial charge in [-0.25, -0.2) is 4.68 Å². The number of para-hydroxylation sites is 1. The van der Waals surface area contributed by atoms with Gasteiger partial charge >= 0.3 is 5.69 Å². The number of pyridine rings is 1. The Morgan fingerprint density at radius 3 is 2.61 bits per heavy atom. The normalized spacial score (nSPS) is 11.8. The fourth-order valence-corrected chi connectivity index (χ4v) is 4.90. The number of hydrogen-bond acceptors (Lipinski definition) is 9. The van der Waals surface area contributed by atoms with Crippen molar-refractivity contribution in [3.8, 4) is 34.1 Å². The average molecular weight is 524 g/mol. The van der Waals surface area contributed by atoms with Crippen LogP contribution in [0.2, 0.25) is 0 Å². The first kappa shape index (κ1) is 23.2. The summed E-state index contributed by atoms with van der Waals surface area (Å²) in [7, 11) is 1.38. The number of thiazole rings is 1. The zero-order chi connectivity index (χ0) is 26.2. The molecule has 0 unspecified atom stereocenters. The van der Waals surface area contributed by atoms with Crippen LogP contribution in [-0.4, -0.2) is 41.4 Å². The maximum absolute atomic E-state index is 13.2. The van der Waals surface area contributed by atoms with Gasteiger partial charge in [0, 0.05) is 41.3 Å². The number of rotatable bonds is 6. The Morgan fingerprint density at radius 1 is 1.05 bits per heavy atom. The van der Waals surface area contributed by atoms with Gasteiger partial charge in [-0.3, -0.25) is 19.9 Å². The lowest BCUT2D eigenvalue weighted by molar-refractivity contribution is -0.385. The quantitative estimate of drug-likeness (QED) is 0.239. The molecule has 0 aliphatic rings. The molecule has 0 aliphatic heterocycles. The van der Waals surface area contributed by atoms with Crippen molar-refractivity contribution in [3.05, 3.63) is 110 Å². The van der Waals surface area contributed by atoms with Gasteiger partial charge in [0.15, 0.2) is 11.6 Å². The highest BCUT2D eigenvalue weighted by Crippen LogP contribution is 2.33. The molecule has 0 saturated carbocycles. The molecule has 0 aliphatic carbocycles. The zero-order valence-corrected chi connectivity index (χ0v) is 20.6. The second-order valence-electron chi connectivity index (χ2n) is 8.14. The molecule has 2 aromatic carbocycles. The molecule has 0 bridgehead atoms. The Hall–Kier alpha value is -5.23. The summed E-state index contributed by atoms with van der Waals surface area (Å²) in [5.74, 6) is 0.555. The van der Waals surface area contributed by atoms with E-state index in [0.717, 1.165) is 5.69 Å². The molecule has 38 heavy (non-hydrogen) atoms. The van der Waals surface area contributed by atoms with Crippen molar-refractivity contribution < 1.29 is 9.66 Å². The monoisotopic (exact) mass is 523 g/mol. The molecule has 186 valence electrons. The summed E-state index contributed by atoms with van der Waals surface area (Å²) in [5.41, 5.74) is 2.56. The fraction of sp³-hybridized carbons (Fsp3) is 0.0385. The van der Waals surface area contributed by atoms with Crippen LogP contribution < -0.4 is 14.8 Å². The van der Waals surface area contributed by atoms with E-state index in [1.165, 1.54) is 35.1 Å². The predicted octanol–water partition coefficient (Wildman–Crippen LogP) is 3.53. The highest BCUT2D eigenvalue weighted by molar-refractivity contribution is 7.15. The summed E-state index contributed by atoms with van der Waals surface area (Å²) in [6.45, 7) is 0. The highest BCUT2D eigenvalue weighted by atomic mass is 32.1. The standard InChI is InChI=1S/C26H17N7O4S/c1-37-21-10-9-16(12-20(21)33(35)36)23-18(15-31(29-23)19-7-3-2-4-8-19)13-22-25(34)32-26(38-22)28-24(30-32)17-6-5-11-27-14-17/h2-15H,1H3/b22-13-. The van der Waals surface area contributed by atoms with Crippen LogP contribution in [0.4, 0.5) is 5.69 Å². The van der Waals surface area contributed by atoms with E-state index in [4.69, 9.17) is 9.84 Å². The predicted molar refractivity (Wildman–Crippen MR) is 141 cm³/mol. The SMILES string of the molecule is COc1ccc(-c2nn(-c3ccccc3)cc2/C=c2\sc3nc(-c4cccnc4)nn3c2=O)cc1[N+](=O)[O-]. The summed E-state index contributed by atoms with van der Waals surface area (Å²) >= 11 is 1.19. The summed E-state index contributed by atoms with van der Waals surface area (Å²) in [5, 5.41) is 20.7. The first-order chi connectivity index (χ1) is 18.5. The van der Waals surface area contributed by atoms with Crippen LogP contribution in [0.5, 0.6) is 5.75 Å². The van der Waals surface area contributed by atoms with Crippen LogP contribution in [-0.2, 0) is 0 Å². The average Bonchev–Trinajstić information content (AvgIpc) is 3.64. The molecule has 0 fully saturated rings. The number of hydrogen-bond donors (Lipinski definition) is 0. The Kier molecular flexibility index (Phi) is 5.69. The van der Waals surface area contributed by atoms with E-state index in [9.17, 15) is 14.9 Å². The van der Waals surface area contributed by atoms with Crippen LogP contribution in [0.25, 0.3) is 39.4 Å². The molecule has 6 aromatic rings.